The minimum Gasteiger partial charge on any atom is -0.266 e. The van der Waals surface area contributed by atoms with Gasteiger partial charge in [-0.3, -0.25) is 9.69 Å². The highest BCUT2D eigenvalue weighted by atomic mass is 35.5. The molecule has 31 heavy (non-hydrogen) atoms. The van der Waals surface area contributed by atoms with Crippen molar-refractivity contribution in [3.8, 4) is 0 Å². The first kappa shape index (κ1) is 21.4. The van der Waals surface area contributed by atoms with E-state index >= 15 is 0 Å². The number of aliphatic imine (C=N–C) groups is 1. The molecule has 1 heterocycles. The van der Waals surface area contributed by atoms with Gasteiger partial charge in [-0.15, -0.1) is 0 Å². The van der Waals surface area contributed by atoms with Crippen LogP contribution in [0.4, 0.5) is 5.69 Å². The molecule has 156 valence electrons. The fourth-order valence-electron chi connectivity index (χ4n) is 3.33. The number of nitrogens with zero attached hydrogens (tertiary/aromatic N) is 2. The molecule has 1 amide bonds. The standard InChI is InChI=1S/C26H23ClN2OS/c1-17-7-9-20(10-8-17)15-23-25(30)29(24-6-4-5-18(2)19(24)3)26(28-23)31-16-21-11-13-22(27)14-12-21/h4-15H,16H2,1-3H3/b23-15+. The maximum atomic E-state index is 13.4. The van der Waals surface area contributed by atoms with E-state index in [0.717, 1.165) is 27.9 Å². The van der Waals surface area contributed by atoms with E-state index in [1.54, 1.807) is 16.7 Å². The van der Waals surface area contributed by atoms with Crippen LogP contribution in [0.15, 0.2) is 77.4 Å². The molecule has 3 aromatic rings. The van der Waals surface area contributed by atoms with Crippen molar-refractivity contribution >= 4 is 46.2 Å². The number of anilines is 1. The summed E-state index contributed by atoms with van der Waals surface area (Å²) in [5, 5.41) is 1.40. The van der Waals surface area contributed by atoms with Crippen LogP contribution in [0, 0.1) is 20.8 Å². The molecule has 5 heteroatoms. The molecule has 1 aliphatic heterocycles. The summed E-state index contributed by atoms with van der Waals surface area (Å²) < 4.78 is 0. The summed E-state index contributed by atoms with van der Waals surface area (Å²) in [5.41, 5.74) is 6.81. The van der Waals surface area contributed by atoms with E-state index in [1.165, 1.54) is 5.56 Å². The first-order valence-electron chi connectivity index (χ1n) is 10.1. The fraction of sp³-hybridized carbons (Fsp3) is 0.154. The second-order valence-electron chi connectivity index (χ2n) is 7.61. The molecule has 3 nitrogen and oxygen atoms in total. The number of hydrogen-bond acceptors (Lipinski definition) is 3. The average Bonchev–Trinajstić information content (AvgIpc) is 3.06. The van der Waals surface area contributed by atoms with Crippen molar-refractivity contribution in [1.82, 2.24) is 0 Å². The zero-order valence-electron chi connectivity index (χ0n) is 17.7. The van der Waals surface area contributed by atoms with Crippen molar-refractivity contribution in [2.45, 2.75) is 26.5 Å². The maximum absolute atomic E-state index is 13.4. The average molecular weight is 447 g/mol. The molecule has 0 N–H and O–H groups in total. The third kappa shape index (κ3) is 4.76. The summed E-state index contributed by atoms with van der Waals surface area (Å²) in [6.45, 7) is 6.14. The van der Waals surface area contributed by atoms with Crippen LogP contribution < -0.4 is 4.90 Å². The fourth-order valence-corrected chi connectivity index (χ4v) is 4.42. The molecule has 0 unspecified atom stereocenters. The van der Waals surface area contributed by atoms with E-state index in [2.05, 4.69) is 13.0 Å². The molecule has 1 aliphatic rings. The zero-order chi connectivity index (χ0) is 22.0. The third-order valence-corrected chi connectivity index (χ3v) is 6.57. The van der Waals surface area contributed by atoms with E-state index < -0.39 is 0 Å². The lowest BCUT2D eigenvalue weighted by molar-refractivity contribution is -0.113. The topological polar surface area (TPSA) is 32.7 Å². The highest BCUT2D eigenvalue weighted by Crippen LogP contribution is 2.33. The van der Waals surface area contributed by atoms with E-state index in [0.29, 0.717) is 21.6 Å². The van der Waals surface area contributed by atoms with Crippen LogP contribution in [-0.2, 0) is 10.5 Å². The predicted molar refractivity (Wildman–Crippen MR) is 133 cm³/mol. The Morgan fingerprint density at radius 1 is 0.968 bits per heavy atom. The number of hydrogen-bond donors (Lipinski definition) is 0. The summed E-state index contributed by atoms with van der Waals surface area (Å²) in [6, 6.07) is 21.9. The van der Waals surface area contributed by atoms with Crippen LogP contribution in [0.1, 0.15) is 27.8 Å². The number of amidine groups is 1. The largest absolute Gasteiger partial charge is 0.283 e. The molecule has 0 aromatic heterocycles. The van der Waals surface area contributed by atoms with Crippen LogP contribution in [-0.4, -0.2) is 11.1 Å². The van der Waals surface area contributed by atoms with Crippen LogP contribution in [0.5, 0.6) is 0 Å². The molecule has 0 radical (unpaired) electrons. The van der Waals surface area contributed by atoms with Gasteiger partial charge in [0, 0.05) is 10.8 Å². The summed E-state index contributed by atoms with van der Waals surface area (Å²) in [5.74, 6) is 0.593. The van der Waals surface area contributed by atoms with Crippen molar-refractivity contribution in [3.05, 3.63) is 105 Å². The molecule has 3 aromatic carbocycles. The van der Waals surface area contributed by atoms with E-state index in [9.17, 15) is 4.79 Å². The van der Waals surface area contributed by atoms with Gasteiger partial charge in [-0.1, -0.05) is 77.5 Å². The van der Waals surface area contributed by atoms with E-state index in [1.807, 2.05) is 80.6 Å². The molecule has 0 spiro atoms. The Morgan fingerprint density at radius 2 is 1.68 bits per heavy atom. The van der Waals surface area contributed by atoms with E-state index in [-0.39, 0.29) is 5.91 Å². The number of amides is 1. The Labute approximate surface area is 192 Å². The van der Waals surface area contributed by atoms with Crippen molar-refractivity contribution in [1.29, 1.82) is 0 Å². The van der Waals surface area contributed by atoms with Gasteiger partial charge >= 0.3 is 0 Å². The second kappa shape index (κ2) is 9.13. The number of rotatable bonds is 4. The molecule has 0 fully saturated rings. The number of benzene rings is 3. The molecule has 0 saturated heterocycles. The highest BCUT2D eigenvalue weighted by molar-refractivity contribution is 8.13. The summed E-state index contributed by atoms with van der Waals surface area (Å²) in [7, 11) is 0. The second-order valence-corrected chi connectivity index (χ2v) is 8.99. The van der Waals surface area contributed by atoms with Crippen molar-refractivity contribution in [2.24, 2.45) is 4.99 Å². The molecule has 0 aliphatic carbocycles. The van der Waals surface area contributed by atoms with Crippen LogP contribution in [0.3, 0.4) is 0 Å². The van der Waals surface area contributed by atoms with Crippen molar-refractivity contribution in [3.63, 3.8) is 0 Å². The van der Waals surface area contributed by atoms with Gasteiger partial charge in [-0.25, -0.2) is 4.99 Å². The Kier molecular flexibility index (Phi) is 6.30. The van der Waals surface area contributed by atoms with Gasteiger partial charge in [-0.05, 0) is 67.3 Å². The Balaban J connectivity index is 1.70. The van der Waals surface area contributed by atoms with Gasteiger partial charge in [0.1, 0.15) is 5.70 Å². The molecule has 0 atom stereocenters. The van der Waals surface area contributed by atoms with Crippen molar-refractivity contribution < 1.29 is 4.79 Å². The number of aryl methyl sites for hydroxylation is 2. The van der Waals surface area contributed by atoms with E-state index in [4.69, 9.17) is 16.6 Å². The third-order valence-electron chi connectivity index (χ3n) is 5.31. The zero-order valence-corrected chi connectivity index (χ0v) is 19.3. The lowest BCUT2D eigenvalue weighted by Gasteiger charge is -2.21. The predicted octanol–water partition coefficient (Wildman–Crippen LogP) is 6.94. The molecule has 4 rings (SSSR count). The summed E-state index contributed by atoms with van der Waals surface area (Å²) in [6.07, 6.45) is 1.86. The smallest absolute Gasteiger partial charge is 0.266 e. The minimum absolute atomic E-state index is 0.104. The van der Waals surface area contributed by atoms with Crippen LogP contribution in [0.25, 0.3) is 6.08 Å². The highest BCUT2D eigenvalue weighted by Gasteiger charge is 2.33. The molecular formula is C26H23ClN2OS. The summed E-state index contributed by atoms with van der Waals surface area (Å²) >= 11 is 7.56. The molecule has 0 bridgehead atoms. The monoisotopic (exact) mass is 446 g/mol. The minimum atomic E-state index is -0.104. The number of halogens is 1. The van der Waals surface area contributed by atoms with Crippen molar-refractivity contribution in [2.75, 3.05) is 4.90 Å². The SMILES string of the molecule is Cc1ccc(/C=C2/N=C(SCc3ccc(Cl)cc3)N(c3cccc(C)c3C)C2=O)cc1. The maximum Gasteiger partial charge on any atom is 0.283 e. The van der Waals surface area contributed by atoms with Crippen LogP contribution in [0.2, 0.25) is 5.02 Å². The summed E-state index contributed by atoms with van der Waals surface area (Å²) in [4.78, 5) is 19.9. The normalized spacial score (nSPS) is 15.0. The lowest BCUT2D eigenvalue weighted by atomic mass is 10.1. The quantitative estimate of drug-likeness (QED) is 0.406. The molecular weight excluding hydrogens is 424 g/mol. The van der Waals surface area contributed by atoms with Gasteiger partial charge in [0.15, 0.2) is 5.17 Å². The van der Waals surface area contributed by atoms with Gasteiger partial charge in [0.25, 0.3) is 5.91 Å². The first-order valence-corrected chi connectivity index (χ1v) is 11.4. The van der Waals surface area contributed by atoms with Gasteiger partial charge < -0.3 is 0 Å². The van der Waals surface area contributed by atoms with Gasteiger partial charge in [0.2, 0.25) is 0 Å². The number of carbonyl (C=O) groups excluding carboxylic acids is 1. The van der Waals surface area contributed by atoms with Crippen LogP contribution >= 0.6 is 23.4 Å². The van der Waals surface area contributed by atoms with Gasteiger partial charge in [-0.2, -0.15) is 0 Å². The first-order chi connectivity index (χ1) is 14.9. The van der Waals surface area contributed by atoms with Gasteiger partial charge in [0.05, 0.1) is 5.69 Å². The Hall–Kier alpha value is -2.82. The lowest BCUT2D eigenvalue weighted by Crippen LogP contribution is -2.31. The number of carbonyl (C=O) groups is 1. The Bertz CT molecular complexity index is 1180. The molecule has 0 saturated carbocycles. The number of thioether (sulfide) groups is 1. The Morgan fingerprint density at radius 3 is 2.39 bits per heavy atom.